The topological polar surface area (TPSA) is 12.0 Å². The summed E-state index contributed by atoms with van der Waals surface area (Å²) in [6.07, 6.45) is 0. The normalized spacial score (nSPS) is 13.9. The van der Waals surface area contributed by atoms with Gasteiger partial charge in [0.25, 0.3) is 0 Å². The molecule has 1 unspecified atom stereocenters. The SMILES string of the molecule is CC(NCC(C)(C)C)c1ccc(Br)cc1Br. The predicted octanol–water partition coefficient (Wildman–Crippen LogP) is 4.91. The van der Waals surface area contributed by atoms with E-state index in [0.717, 1.165) is 15.5 Å². The smallest absolute Gasteiger partial charge is 0.0303 e. The summed E-state index contributed by atoms with van der Waals surface area (Å²) in [5.74, 6) is 0. The maximum Gasteiger partial charge on any atom is 0.0303 e. The van der Waals surface area contributed by atoms with E-state index in [-0.39, 0.29) is 0 Å². The van der Waals surface area contributed by atoms with Crippen molar-refractivity contribution in [3.05, 3.63) is 32.7 Å². The molecule has 1 nitrogen and oxygen atoms in total. The fourth-order valence-electron chi connectivity index (χ4n) is 1.42. The first kappa shape index (κ1) is 14.2. The van der Waals surface area contributed by atoms with Crippen molar-refractivity contribution in [1.29, 1.82) is 0 Å². The van der Waals surface area contributed by atoms with Crippen molar-refractivity contribution in [1.82, 2.24) is 5.32 Å². The van der Waals surface area contributed by atoms with Gasteiger partial charge in [0.2, 0.25) is 0 Å². The number of hydrogen-bond donors (Lipinski definition) is 1. The molecule has 0 aliphatic heterocycles. The molecule has 0 aliphatic carbocycles. The van der Waals surface area contributed by atoms with E-state index in [1.165, 1.54) is 5.56 Å². The Morgan fingerprint density at radius 1 is 1.25 bits per heavy atom. The van der Waals surface area contributed by atoms with Crippen molar-refractivity contribution in [2.24, 2.45) is 5.41 Å². The van der Waals surface area contributed by atoms with Gasteiger partial charge in [0.05, 0.1) is 0 Å². The zero-order valence-electron chi connectivity index (χ0n) is 10.3. The number of halogens is 2. The Hall–Kier alpha value is 0.140. The Morgan fingerprint density at radius 3 is 2.38 bits per heavy atom. The highest BCUT2D eigenvalue weighted by atomic mass is 79.9. The van der Waals surface area contributed by atoms with Crippen LogP contribution in [0.25, 0.3) is 0 Å². The Bertz CT molecular complexity index is 355. The monoisotopic (exact) mass is 347 g/mol. The first-order valence-electron chi connectivity index (χ1n) is 5.48. The van der Waals surface area contributed by atoms with E-state index < -0.39 is 0 Å². The second-order valence-corrected chi connectivity index (χ2v) is 7.10. The van der Waals surface area contributed by atoms with Gasteiger partial charge in [0, 0.05) is 21.5 Å². The van der Waals surface area contributed by atoms with Gasteiger partial charge in [-0.3, -0.25) is 0 Å². The molecule has 0 radical (unpaired) electrons. The molecule has 1 aromatic carbocycles. The van der Waals surface area contributed by atoms with Gasteiger partial charge in [-0.15, -0.1) is 0 Å². The zero-order chi connectivity index (χ0) is 12.3. The first-order chi connectivity index (χ1) is 7.29. The molecule has 16 heavy (non-hydrogen) atoms. The molecule has 0 heterocycles. The van der Waals surface area contributed by atoms with Crippen LogP contribution in [0.3, 0.4) is 0 Å². The average molecular weight is 349 g/mol. The molecule has 1 N–H and O–H groups in total. The van der Waals surface area contributed by atoms with Gasteiger partial charge < -0.3 is 5.32 Å². The lowest BCUT2D eigenvalue weighted by Crippen LogP contribution is -2.29. The van der Waals surface area contributed by atoms with Crippen LogP contribution in [0.5, 0.6) is 0 Å². The third-order valence-corrected chi connectivity index (χ3v) is 3.55. The molecule has 1 atom stereocenters. The molecule has 0 saturated carbocycles. The maximum absolute atomic E-state index is 3.60. The van der Waals surface area contributed by atoms with Crippen LogP contribution in [0, 0.1) is 5.41 Å². The lowest BCUT2D eigenvalue weighted by atomic mass is 9.96. The van der Waals surface area contributed by atoms with Crippen LogP contribution in [-0.4, -0.2) is 6.54 Å². The third-order valence-electron chi connectivity index (χ3n) is 2.37. The quantitative estimate of drug-likeness (QED) is 0.818. The van der Waals surface area contributed by atoms with Crippen LogP contribution in [0.1, 0.15) is 39.3 Å². The van der Waals surface area contributed by atoms with Gasteiger partial charge in [0.1, 0.15) is 0 Å². The Kier molecular flexibility index (Phi) is 5.02. The van der Waals surface area contributed by atoms with Crippen LogP contribution < -0.4 is 5.32 Å². The summed E-state index contributed by atoms with van der Waals surface area (Å²) in [5.41, 5.74) is 1.61. The molecule has 0 spiro atoms. The van der Waals surface area contributed by atoms with Crippen molar-refractivity contribution in [3.63, 3.8) is 0 Å². The van der Waals surface area contributed by atoms with Gasteiger partial charge in [0.15, 0.2) is 0 Å². The zero-order valence-corrected chi connectivity index (χ0v) is 13.4. The van der Waals surface area contributed by atoms with E-state index in [0.29, 0.717) is 11.5 Å². The van der Waals surface area contributed by atoms with Gasteiger partial charge in [-0.05, 0) is 30.0 Å². The lowest BCUT2D eigenvalue weighted by molar-refractivity contribution is 0.359. The fourth-order valence-corrected chi connectivity index (χ4v) is 2.81. The summed E-state index contributed by atoms with van der Waals surface area (Å²) in [7, 11) is 0. The van der Waals surface area contributed by atoms with Gasteiger partial charge in [-0.25, -0.2) is 0 Å². The summed E-state index contributed by atoms with van der Waals surface area (Å²) in [4.78, 5) is 0. The molecule has 3 heteroatoms. The van der Waals surface area contributed by atoms with Gasteiger partial charge in [-0.1, -0.05) is 58.7 Å². The number of hydrogen-bond acceptors (Lipinski definition) is 1. The molecule has 0 amide bonds. The van der Waals surface area contributed by atoms with E-state index in [2.05, 4.69) is 83.1 Å². The number of nitrogens with one attached hydrogen (secondary N) is 1. The first-order valence-corrected chi connectivity index (χ1v) is 7.06. The molecule has 0 fully saturated rings. The summed E-state index contributed by atoms with van der Waals surface area (Å²) in [6, 6.07) is 6.68. The molecule has 1 aromatic rings. The predicted molar refractivity (Wildman–Crippen MR) is 77.7 cm³/mol. The number of rotatable bonds is 3. The molecule has 0 aliphatic rings. The van der Waals surface area contributed by atoms with Crippen LogP contribution in [0.4, 0.5) is 0 Å². The molecule has 1 rings (SSSR count). The minimum absolute atomic E-state index is 0.316. The second kappa shape index (κ2) is 5.65. The highest BCUT2D eigenvalue weighted by Gasteiger charge is 2.14. The molecular weight excluding hydrogens is 330 g/mol. The second-order valence-electron chi connectivity index (χ2n) is 5.33. The Labute approximate surface area is 115 Å². The van der Waals surface area contributed by atoms with Crippen LogP contribution in [0.2, 0.25) is 0 Å². The van der Waals surface area contributed by atoms with E-state index >= 15 is 0 Å². The van der Waals surface area contributed by atoms with Crippen molar-refractivity contribution in [2.75, 3.05) is 6.54 Å². The molecular formula is C13H19Br2N. The maximum atomic E-state index is 3.60. The van der Waals surface area contributed by atoms with Crippen LogP contribution >= 0.6 is 31.9 Å². The van der Waals surface area contributed by atoms with Crippen molar-refractivity contribution in [3.8, 4) is 0 Å². The fraction of sp³-hybridized carbons (Fsp3) is 0.538. The van der Waals surface area contributed by atoms with E-state index in [1.807, 2.05) is 0 Å². The minimum atomic E-state index is 0.316. The van der Waals surface area contributed by atoms with Crippen molar-refractivity contribution < 1.29 is 0 Å². The molecule has 0 saturated heterocycles. The summed E-state index contributed by atoms with van der Waals surface area (Å²) in [5, 5.41) is 3.55. The Morgan fingerprint density at radius 2 is 1.88 bits per heavy atom. The molecule has 0 aromatic heterocycles. The lowest BCUT2D eigenvalue weighted by Gasteiger charge is -2.23. The van der Waals surface area contributed by atoms with E-state index in [4.69, 9.17) is 0 Å². The highest BCUT2D eigenvalue weighted by Crippen LogP contribution is 2.27. The average Bonchev–Trinajstić information content (AvgIpc) is 2.13. The molecule has 0 bridgehead atoms. The third kappa shape index (κ3) is 4.56. The largest absolute Gasteiger partial charge is 0.310 e. The van der Waals surface area contributed by atoms with Gasteiger partial charge in [-0.2, -0.15) is 0 Å². The summed E-state index contributed by atoms with van der Waals surface area (Å²) in [6.45, 7) is 9.92. The summed E-state index contributed by atoms with van der Waals surface area (Å²) >= 11 is 7.06. The van der Waals surface area contributed by atoms with Crippen LogP contribution in [0.15, 0.2) is 27.1 Å². The Balaban J connectivity index is 2.70. The van der Waals surface area contributed by atoms with E-state index in [9.17, 15) is 0 Å². The highest BCUT2D eigenvalue weighted by molar-refractivity contribution is 9.11. The van der Waals surface area contributed by atoms with Gasteiger partial charge >= 0.3 is 0 Å². The van der Waals surface area contributed by atoms with Crippen molar-refractivity contribution in [2.45, 2.75) is 33.7 Å². The molecule has 90 valence electrons. The van der Waals surface area contributed by atoms with Crippen LogP contribution in [-0.2, 0) is 0 Å². The summed E-state index contributed by atoms with van der Waals surface area (Å²) < 4.78 is 2.25. The van der Waals surface area contributed by atoms with Crippen molar-refractivity contribution >= 4 is 31.9 Å². The minimum Gasteiger partial charge on any atom is -0.310 e. The standard InChI is InChI=1S/C13H19Br2N/c1-9(16-8-13(2,3)4)11-6-5-10(14)7-12(11)15/h5-7,9,16H,8H2,1-4H3. The number of benzene rings is 1. The van der Waals surface area contributed by atoms with E-state index in [1.54, 1.807) is 0 Å².